The van der Waals surface area contributed by atoms with Gasteiger partial charge in [0.05, 0.1) is 10.4 Å². The Hall–Kier alpha value is -5.96. The van der Waals surface area contributed by atoms with Crippen molar-refractivity contribution in [3.05, 3.63) is 176 Å². The van der Waals surface area contributed by atoms with Crippen molar-refractivity contribution >= 4 is 91.7 Å². The number of thiophene rings is 1. The first kappa shape index (κ1) is 27.2. The minimum atomic E-state index is 1.14. The second-order valence-electron chi connectivity index (χ2n) is 12.5. The Morgan fingerprint density at radius 1 is 0.354 bits per heavy atom. The van der Waals surface area contributed by atoms with Crippen molar-refractivity contribution in [2.45, 2.75) is 0 Å². The number of nitrogens with zero attached hydrogens (tertiary/aromatic N) is 1. The molecule has 224 valence electrons. The SMILES string of the molecule is c1ccc(N(c2ccc(-c3cccc4c3ccc3ccc5ccccc5c34)cc2)c2cccc3c2sc2ccc4ccccc4c23)cc1. The largest absolute Gasteiger partial charge is 0.309 e. The molecule has 0 unspecified atom stereocenters. The number of hydrogen-bond acceptors (Lipinski definition) is 2. The number of anilines is 3. The summed E-state index contributed by atoms with van der Waals surface area (Å²) in [5, 5.41) is 13.0. The normalized spacial score (nSPS) is 11.8. The Morgan fingerprint density at radius 3 is 1.77 bits per heavy atom. The summed E-state index contributed by atoms with van der Waals surface area (Å²) in [5.74, 6) is 0. The molecule has 1 aromatic heterocycles. The van der Waals surface area contributed by atoms with Gasteiger partial charge in [-0.3, -0.25) is 0 Å². The lowest BCUT2D eigenvalue weighted by Gasteiger charge is -2.26. The van der Waals surface area contributed by atoms with Gasteiger partial charge in [0.2, 0.25) is 0 Å². The second kappa shape index (κ2) is 10.8. The van der Waals surface area contributed by atoms with Gasteiger partial charge in [0, 0.05) is 26.8 Å². The monoisotopic (exact) mass is 627 g/mol. The van der Waals surface area contributed by atoms with Gasteiger partial charge in [0.1, 0.15) is 0 Å². The highest BCUT2D eigenvalue weighted by molar-refractivity contribution is 7.26. The Balaban J connectivity index is 1.14. The first-order valence-electron chi connectivity index (χ1n) is 16.4. The molecule has 2 heteroatoms. The smallest absolute Gasteiger partial charge is 0.0640 e. The summed E-state index contributed by atoms with van der Waals surface area (Å²) in [6.07, 6.45) is 0. The predicted octanol–water partition coefficient (Wildman–Crippen LogP) is 13.8. The van der Waals surface area contributed by atoms with Crippen LogP contribution >= 0.6 is 11.3 Å². The maximum Gasteiger partial charge on any atom is 0.0640 e. The number of fused-ring (bicyclic) bond motifs is 10. The van der Waals surface area contributed by atoms with Crippen LogP contribution in [0.1, 0.15) is 0 Å². The molecular formula is C46H29NS. The summed E-state index contributed by atoms with van der Waals surface area (Å²) in [4.78, 5) is 2.41. The van der Waals surface area contributed by atoms with Gasteiger partial charge in [-0.2, -0.15) is 0 Å². The van der Waals surface area contributed by atoms with E-state index in [2.05, 4.69) is 181 Å². The highest BCUT2D eigenvalue weighted by atomic mass is 32.1. The van der Waals surface area contributed by atoms with Crippen LogP contribution in [-0.2, 0) is 0 Å². The van der Waals surface area contributed by atoms with E-state index in [1.807, 2.05) is 11.3 Å². The van der Waals surface area contributed by atoms with Crippen LogP contribution in [0, 0.1) is 0 Å². The molecule has 0 N–H and O–H groups in total. The highest BCUT2D eigenvalue weighted by Crippen LogP contribution is 2.47. The minimum absolute atomic E-state index is 1.14. The second-order valence-corrected chi connectivity index (χ2v) is 13.5. The molecule has 10 rings (SSSR count). The van der Waals surface area contributed by atoms with Gasteiger partial charge < -0.3 is 4.90 Å². The molecule has 0 bridgehead atoms. The van der Waals surface area contributed by atoms with Crippen molar-refractivity contribution in [1.82, 2.24) is 0 Å². The van der Waals surface area contributed by atoms with Gasteiger partial charge in [-0.05, 0) is 90.6 Å². The number of benzene rings is 9. The standard InChI is InChI=1S/C46H29NS/c1-2-12-34(13-3-1)47(42-19-9-18-41-45-38-15-7-5-11-31(38)25-29-43(45)48-46(41)42)35-26-22-32(23-27-35)36-16-8-17-40-39(36)28-24-33-21-20-30-10-4-6-14-37(30)44(33)40/h1-29H. The van der Waals surface area contributed by atoms with Crippen LogP contribution in [0.3, 0.4) is 0 Å². The first-order valence-corrected chi connectivity index (χ1v) is 17.3. The first-order chi connectivity index (χ1) is 23.8. The van der Waals surface area contributed by atoms with E-state index in [0.29, 0.717) is 0 Å². The van der Waals surface area contributed by atoms with Crippen LogP contribution in [0.15, 0.2) is 176 Å². The number of rotatable bonds is 4. The Labute approximate surface area is 282 Å². The van der Waals surface area contributed by atoms with Crippen LogP contribution in [0.2, 0.25) is 0 Å². The molecule has 0 amide bonds. The molecule has 0 aliphatic carbocycles. The maximum absolute atomic E-state index is 2.41. The predicted molar refractivity (Wildman–Crippen MR) is 209 cm³/mol. The zero-order chi connectivity index (χ0) is 31.6. The van der Waals surface area contributed by atoms with Crippen molar-refractivity contribution in [3.8, 4) is 11.1 Å². The van der Waals surface area contributed by atoms with Crippen LogP contribution in [0.5, 0.6) is 0 Å². The highest BCUT2D eigenvalue weighted by Gasteiger charge is 2.19. The van der Waals surface area contributed by atoms with E-state index in [0.717, 1.165) is 11.4 Å². The van der Waals surface area contributed by atoms with Gasteiger partial charge >= 0.3 is 0 Å². The van der Waals surface area contributed by atoms with Crippen molar-refractivity contribution in [1.29, 1.82) is 0 Å². The Morgan fingerprint density at radius 2 is 0.958 bits per heavy atom. The zero-order valence-corrected chi connectivity index (χ0v) is 26.9. The van der Waals surface area contributed by atoms with Crippen LogP contribution in [-0.4, -0.2) is 0 Å². The molecule has 0 fully saturated rings. The Bertz CT molecular complexity index is 2830. The summed E-state index contributed by atoms with van der Waals surface area (Å²) in [6, 6.07) is 64.4. The Kier molecular flexibility index (Phi) is 6.12. The number of para-hydroxylation sites is 1. The van der Waals surface area contributed by atoms with E-state index >= 15 is 0 Å². The molecule has 1 heterocycles. The van der Waals surface area contributed by atoms with Gasteiger partial charge in [-0.25, -0.2) is 0 Å². The fourth-order valence-electron chi connectivity index (χ4n) is 7.64. The molecule has 10 aromatic rings. The van der Waals surface area contributed by atoms with E-state index in [-0.39, 0.29) is 0 Å². The molecule has 0 saturated heterocycles. The summed E-state index contributed by atoms with van der Waals surface area (Å²) < 4.78 is 2.61. The quantitative estimate of drug-likeness (QED) is 0.176. The van der Waals surface area contributed by atoms with Gasteiger partial charge in [0.15, 0.2) is 0 Å². The fraction of sp³-hybridized carbons (Fsp3) is 0. The number of hydrogen-bond donors (Lipinski definition) is 0. The fourth-order valence-corrected chi connectivity index (χ4v) is 8.86. The lowest BCUT2D eigenvalue weighted by atomic mass is 9.92. The van der Waals surface area contributed by atoms with Crippen molar-refractivity contribution in [3.63, 3.8) is 0 Å². The summed E-state index contributed by atoms with van der Waals surface area (Å²) in [6.45, 7) is 0. The third-order valence-corrected chi connectivity index (χ3v) is 11.0. The summed E-state index contributed by atoms with van der Waals surface area (Å²) >= 11 is 1.88. The molecule has 0 aliphatic heterocycles. The molecular weight excluding hydrogens is 599 g/mol. The molecule has 0 atom stereocenters. The third kappa shape index (κ3) is 4.17. The molecule has 0 saturated carbocycles. The topological polar surface area (TPSA) is 3.24 Å². The van der Waals surface area contributed by atoms with Gasteiger partial charge in [0.25, 0.3) is 0 Å². The van der Waals surface area contributed by atoms with Crippen LogP contribution in [0.25, 0.3) is 74.4 Å². The van der Waals surface area contributed by atoms with E-state index in [1.165, 1.54) is 80.1 Å². The average molecular weight is 628 g/mol. The van der Waals surface area contributed by atoms with Crippen LogP contribution in [0.4, 0.5) is 17.1 Å². The molecule has 48 heavy (non-hydrogen) atoms. The lowest BCUT2D eigenvalue weighted by Crippen LogP contribution is -2.09. The third-order valence-electron chi connectivity index (χ3n) is 9.82. The van der Waals surface area contributed by atoms with Gasteiger partial charge in [-0.15, -0.1) is 11.3 Å². The molecule has 1 nitrogen and oxygen atoms in total. The van der Waals surface area contributed by atoms with Gasteiger partial charge in [-0.1, -0.05) is 140 Å². The maximum atomic E-state index is 2.41. The minimum Gasteiger partial charge on any atom is -0.309 e. The summed E-state index contributed by atoms with van der Waals surface area (Å²) in [7, 11) is 0. The van der Waals surface area contributed by atoms with E-state index in [4.69, 9.17) is 0 Å². The zero-order valence-electron chi connectivity index (χ0n) is 26.1. The van der Waals surface area contributed by atoms with E-state index < -0.39 is 0 Å². The van der Waals surface area contributed by atoms with Crippen molar-refractivity contribution < 1.29 is 0 Å². The van der Waals surface area contributed by atoms with E-state index in [1.54, 1.807) is 0 Å². The molecule has 0 radical (unpaired) electrons. The van der Waals surface area contributed by atoms with E-state index in [9.17, 15) is 0 Å². The van der Waals surface area contributed by atoms with Crippen molar-refractivity contribution in [2.75, 3.05) is 4.90 Å². The lowest BCUT2D eigenvalue weighted by molar-refractivity contribution is 1.30. The molecule has 0 aliphatic rings. The average Bonchev–Trinajstić information content (AvgIpc) is 3.55. The molecule has 0 spiro atoms. The summed E-state index contributed by atoms with van der Waals surface area (Å²) in [5.41, 5.74) is 5.93. The van der Waals surface area contributed by atoms with Crippen molar-refractivity contribution in [2.24, 2.45) is 0 Å². The molecule has 9 aromatic carbocycles. The van der Waals surface area contributed by atoms with Crippen LogP contribution < -0.4 is 4.90 Å².